The normalized spacial score (nSPS) is 19.8. The molecule has 0 aromatic heterocycles. The monoisotopic (exact) mass is 333 g/mol. The molecule has 2 fully saturated rings. The first-order valence-corrected chi connectivity index (χ1v) is 8.59. The van der Waals surface area contributed by atoms with Gasteiger partial charge in [0, 0.05) is 32.2 Å². The Labute approximate surface area is 141 Å². The Balaban J connectivity index is 1.46. The van der Waals surface area contributed by atoms with Crippen LogP contribution in [-0.4, -0.2) is 59.9 Å². The molecular weight excluding hydrogens is 309 g/mol. The lowest BCUT2D eigenvalue weighted by Gasteiger charge is -2.37. The standard InChI is InChI=1S/C18H24FN3O2/c1-13(18(24)20-16-6-7-16)21-8-10-22(11-9-21)17(23)12-14-2-4-15(19)5-3-14/h2-5,13,16H,6-12H2,1H3,(H,20,24)/t13-/m0/s1. The Morgan fingerprint density at radius 2 is 1.79 bits per heavy atom. The summed E-state index contributed by atoms with van der Waals surface area (Å²) in [5.41, 5.74) is 0.820. The minimum Gasteiger partial charge on any atom is -0.352 e. The van der Waals surface area contributed by atoms with Gasteiger partial charge in [-0.05, 0) is 37.5 Å². The van der Waals surface area contributed by atoms with Crippen molar-refractivity contribution >= 4 is 11.8 Å². The SMILES string of the molecule is C[C@@H](C(=O)NC1CC1)N1CCN(C(=O)Cc2ccc(F)cc2)CC1. The maximum absolute atomic E-state index is 12.9. The molecule has 1 aromatic rings. The molecule has 0 spiro atoms. The van der Waals surface area contributed by atoms with E-state index in [4.69, 9.17) is 0 Å². The summed E-state index contributed by atoms with van der Waals surface area (Å²) >= 11 is 0. The zero-order valence-corrected chi connectivity index (χ0v) is 14.0. The molecular formula is C18H24FN3O2. The van der Waals surface area contributed by atoms with E-state index in [1.807, 2.05) is 11.8 Å². The highest BCUT2D eigenvalue weighted by Gasteiger charge is 2.30. The molecule has 3 rings (SSSR count). The summed E-state index contributed by atoms with van der Waals surface area (Å²) in [7, 11) is 0. The predicted octanol–water partition coefficient (Wildman–Crippen LogP) is 1.18. The summed E-state index contributed by atoms with van der Waals surface area (Å²) in [5, 5.41) is 3.03. The van der Waals surface area contributed by atoms with Crippen LogP contribution in [0.25, 0.3) is 0 Å². The molecule has 2 amide bonds. The maximum Gasteiger partial charge on any atom is 0.237 e. The number of nitrogens with one attached hydrogen (secondary N) is 1. The van der Waals surface area contributed by atoms with Crippen molar-refractivity contribution in [2.24, 2.45) is 0 Å². The summed E-state index contributed by atoms with van der Waals surface area (Å²) in [6.07, 6.45) is 2.46. The van der Waals surface area contributed by atoms with Gasteiger partial charge < -0.3 is 10.2 Å². The fraction of sp³-hybridized carbons (Fsp3) is 0.556. The van der Waals surface area contributed by atoms with Gasteiger partial charge in [-0.1, -0.05) is 12.1 Å². The smallest absolute Gasteiger partial charge is 0.237 e. The first-order chi connectivity index (χ1) is 11.5. The first kappa shape index (κ1) is 16.9. The molecule has 1 aliphatic heterocycles. The Morgan fingerprint density at radius 1 is 1.17 bits per heavy atom. The zero-order valence-electron chi connectivity index (χ0n) is 14.0. The number of piperazine rings is 1. The molecule has 24 heavy (non-hydrogen) atoms. The van der Waals surface area contributed by atoms with Gasteiger partial charge in [-0.25, -0.2) is 4.39 Å². The number of nitrogens with zero attached hydrogens (tertiary/aromatic N) is 2. The number of benzene rings is 1. The van der Waals surface area contributed by atoms with Gasteiger partial charge in [0.2, 0.25) is 11.8 Å². The lowest BCUT2D eigenvalue weighted by Crippen LogP contribution is -2.55. The van der Waals surface area contributed by atoms with E-state index >= 15 is 0 Å². The first-order valence-electron chi connectivity index (χ1n) is 8.59. The molecule has 6 heteroatoms. The number of carbonyl (C=O) groups excluding carboxylic acids is 2. The van der Waals surface area contributed by atoms with Crippen LogP contribution >= 0.6 is 0 Å². The highest BCUT2D eigenvalue weighted by Crippen LogP contribution is 2.19. The lowest BCUT2D eigenvalue weighted by molar-refractivity contribution is -0.133. The van der Waals surface area contributed by atoms with E-state index in [-0.39, 0.29) is 30.1 Å². The van der Waals surface area contributed by atoms with Crippen LogP contribution in [0, 0.1) is 5.82 Å². The predicted molar refractivity (Wildman–Crippen MR) is 88.9 cm³/mol. The van der Waals surface area contributed by atoms with Crippen molar-refractivity contribution in [2.45, 2.75) is 38.3 Å². The maximum atomic E-state index is 12.9. The topological polar surface area (TPSA) is 52.7 Å². The average molecular weight is 333 g/mol. The van der Waals surface area contributed by atoms with Crippen LogP contribution in [0.4, 0.5) is 4.39 Å². The molecule has 1 saturated heterocycles. The van der Waals surface area contributed by atoms with Crippen LogP contribution in [-0.2, 0) is 16.0 Å². The fourth-order valence-electron chi connectivity index (χ4n) is 2.96. The fourth-order valence-corrected chi connectivity index (χ4v) is 2.96. The minimum absolute atomic E-state index is 0.0522. The largest absolute Gasteiger partial charge is 0.352 e. The summed E-state index contributed by atoms with van der Waals surface area (Å²) in [4.78, 5) is 28.4. The van der Waals surface area contributed by atoms with Crippen LogP contribution < -0.4 is 5.32 Å². The summed E-state index contributed by atoms with van der Waals surface area (Å²) in [6, 6.07) is 6.27. The number of halogens is 1. The average Bonchev–Trinajstić information content (AvgIpc) is 3.40. The van der Waals surface area contributed by atoms with Crippen molar-refractivity contribution in [3.8, 4) is 0 Å². The highest BCUT2D eigenvalue weighted by molar-refractivity contribution is 5.82. The molecule has 2 aliphatic rings. The lowest BCUT2D eigenvalue weighted by atomic mass is 10.1. The number of hydrogen-bond donors (Lipinski definition) is 1. The summed E-state index contributed by atoms with van der Waals surface area (Å²) in [6.45, 7) is 4.58. The zero-order chi connectivity index (χ0) is 17.1. The molecule has 1 atom stereocenters. The van der Waals surface area contributed by atoms with E-state index in [0.717, 1.165) is 18.4 Å². The van der Waals surface area contributed by atoms with E-state index in [0.29, 0.717) is 32.2 Å². The third kappa shape index (κ3) is 4.32. The molecule has 0 bridgehead atoms. The van der Waals surface area contributed by atoms with Crippen LogP contribution in [0.1, 0.15) is 25.3 Å². The number of rotatable bonds is 5. The Morgan fingerprint density at radius 3 is 2.38 bits per heavy atom. The third-order valence-corrected chi connectivity index (χ3v) is 4.79. The summed E-state index contributed by atoms with van der Waals surface area (Å²) < 4.78 is 12.9. The minimum atomic E-state index is -0.293. The second kappa shape index (κ2) is 7.30. The molecule has 5 nitrogen and oxygen atoms in total. The van der Waals surface area contributed by atoms with E-state index in [9.17, 15) is 14.0 Å². The molecule has 0 radical (unpaired) electrons. The van der Waals surface area contributed by atoms with E-state index in [1.54, 1.807) is 12.1 Å². The number of hydrogen-bond acceptors (Lipinski definition) is 3. The highest BCUT2D eigenvalue weighted by atomic mass is 19.1. The van der Waals surface area contributed by atoms with Gasteiger partial charge in [-0.2, -0.15) is 0 Å². The van der Waals surface area contributed by atoms with Gasteiger partial charge in [0.1, 0.15) is 5.82 Å². The molecule has 1 saturated carbocycles. The molecule has 1 aromatic carbocycles. The van der Waals surface area contributed by atoms with Crippen LogP contribution in [0.2, 0.25) is 0 Å². The van der Waals surface area contributed by atoms with Gasteiger partial charge in [-0.3, -0.25) is 14.5 Å². The Bertz CT molecular complexity index is 593. The van der Waals surface area contributed by atoms with Crippen LogP contribution in [0.15, 0.2) is 24.3 Å². The van der Waals surface area contributed by atoms with E-state index in [1.165, 1.54) is 12.1 Å². The van der Waals surface area contributed by atoms with Gasteiger partial charge >= 0.3 is 0 Å². The molecule has 130 valence electrons. The van der Waals surface area contributed by atoms with Crippen molar-refractivity contribution in [3.05, 3.63) is 35.6 Å². The van der Waals surface area contributed by atoms with Crippen molar-refractivity contribution in [1.82, 2.24) is 15.1 Å². The van der Waals surface area contributed by atoms with Gasteiger partial charge in [-0.15, -0.1) is 0 Å². The number of amides is 2. The van der Waals surface area contributed by atoms with Crippen molar-refractivity contribution in [2.75, 3.05) is 26.2 Å². The Kier molecular flexibility index (Phi) is 5.14. The summed E-state index contributed by atoms with van der Waals surface area (Å²) in [5.74, 6) is -0.154. The molecule has 1 aliphatic carbocycles. The van der Waals surface area contributed by atoms with Gasteiger partial charge in [0.05, 0.1) is 12.5 Å². The van der Waals surface area contributed by atoms with Crippen molar-refractivity contribution < 1.29 is 14.0 Å². The van der Waals surface area contributed by atoms with Crippen molar-refractivity contribution in [3.63, 3.8) is 0 Å². The number of carbonyl (C=O) groups is 2. The van der Waals surface area contributed by atoms with Crippen LogP contribution in [0.3, 0.4) is 0 Å². The third-order valence-electron chi connectivity index (χ3n) is 4.79. The quantitative estimate of drug-likeness (QED) is 0.880. The van der Waals surface area contributed by atoms with Gasteiger partial charge in [0.15, 0.2) is 0 Å². The molecule has 1 heterocycles. The molecule has 0 unspecified atom stereocenters. The van der Waals surface area contributed by atoms with Gasteiger partial charge in [0.25, 0.3) is 0 Å². The molecule has 1 N–H and O–H groups in total. The van der Waals surface area contributed by atoms with Crippen LogP contribution in [0.5, 0.6) is 0 Å². The second-order valence-corrected chi connectivity index (χ2v) is 6.68. The Hall–Kier alpha value is -1.95. The second-order valence-electron chi connectivity index (χ2n) is 6.68. The van der Waals surface area contributed by atoms with Crippen molar-refractivity contribution in [1.29, 1.82) is 0 Å². The van der Waals surface area contributed by atoms with E-state index in [2.05, 4.69) is 10.2 Å². The van der Waals surface area contributed by atoms with E-state index < -0.39 is 0 Å².